The Morgan fingerprint density at radius 1 is 0.765 bits per heavy atom. The maximum absolute atomic E-state index is 12.3. The highest BCUT2D eigenvalue weighted by molar-refractivity contribution is 6.04. The van der Waals surface area contributed by atoms with E-state index in [4.69, 9.17) is 0 Å². The van der Waals surface area contributed by atoms with Gasteiger partial charge in [-0.2, -0.15) is 0 Å². The fourth-order valence-corrected chi connectivity index (χ4v) is 3.23. The van der Waals surface area contributed by atoms with E-state index in [1.165, 1.54) is 25.1 Å². The van der Waals surface area contributed by atoms with Crippen molar-refractivity contribution in [3.63, 3.8) is 0 Å². The fraction of sp³-hybridized carbons (Fsp3) is 0.160. The van der Waals surface area contributed by atoms with Crippen molar-refractivity contribution in [2.45, 2.75) is 13.8 Å². The molecule has 0 atom stereocenters. The topological polar surface area (TPSA) is 130 Å². The lowest BCUT2D eigenvalue weighted by atomic mass is 10.1. The molecule has 0 fully saturated rings. The van der Waals surface area contributed by atoms with E-state index in [9.17, 15) is 24.5 Å². The molecule has 3 aromatic carbocycles. The molecular weight excluding hydrogens is 436 g/mol. The Balaban J connectivity index is 1.47. The first-order valence-electron chi connectivity index (χ1n) is 10.5. The van der Waals surface area contributed by atoms with Gasteiger partial charge in [0.15, 0.2) is 0 Å². The van der Waals surface area contributed by atoms with Gasteiger partial charge in [0.25, 0.3) is 23.4 Å². The number of hydrogen-bond donors (Lipinski definition) is 3. The monoisotopic (exact) mass is 460 g/mol. The second kappa shape index (κ2) is 10.9. The third-order valence-corrected chi connectivity index (χ3v) is 5.16. The zero-order chi connectivity index (χ0) is 24.7. The zero-order valence-electron chi connectivity index (χ0n) is 18.8. The average molecular weight is 460 g/mol. The Hall–Kier alpha value is -4.53. The van der Waals surface area contributed by atoms with E-state index in [-0.39, 0.29) is 41.7 Å². The molecule has 3 aromatic rings. The summed E-state index contributed by atoms with van der Waals surface area (Å²) in [6.45, 7) is 3.78. The molecule has 0 unspecified atom stereocenters. The van der Waals surface area contributed by atoms with Crippen LogP contribution in [0.2, 0.25) is 0 Å². The first-order chi connectivity index (χ1) is 16.3. The van der Waals surface area contributed by atoms with Gasteiger partial charge in [-0.05, 0) is 56.3 Å². The lowest BCUT2D eigenvalue weighted by molar-refractivity contribution is -0.385. The number of benzene rings is 3. The van der Waals surface area contributed by atoms with Crippen molar-refractivity contribution in [3.8, 4) is 0 Å². The number of hydrogen-bond acceptors (Lipinski definition) is 5. The van der Waals surface area contributed by atoms with E-state index in [1.54, 1.807) is 36.4 Å². The minimum atomic E-state index is -0.536. The molecule has 3 N–H and O–H groups in total. The second-order valence-electron chi connectivity index (χ2n) is 7.62. The van der Waals surface area contributed by atoms with Gasteiger partial charge in [0.1, 0.15) is 0 Å². The summed E-state index contributed by atoms with van der Waals surface area (Å²) in [7, 11) is 0. The fourth-order valence-electron chi connectivity index (χ4n) is 3.23. The van der Waals surface area contributed by atoms with Crippen LogP contribution >= 0.6 is 0 Å². The number of nitrogens with one attached hydrogen (secondary N) is 3. The zero-order valence-corrected chi connectivity index (χ0v) is 18.8. The van der Waals surface area contributed by atoms with E-state index in [1.807, 2.05) is 19.1 Å². The summed E-state index contributed by atoms with van der Waals surface area (Å²) in [5.74, 6) is -1.03. The van der Waals surface area contributed by atoms with Crippen LogP contribution < -0.4 is 16.0 Å². The smallest absolute Gasteiger partial charge is 0.273 e. The molecule has 174 valence electrons. The Kier molecular flexibility index (Phi) is 7.71. The molecule has 0 aliphatic rings. The molecule has 0 saturated heterocycles. The number of nitro benzene ring substituents is 1. The van der Waals surface area contributed by atoms with Gasteiger partial charge in [0.05, 0.1) is 4.92 Å². The molecule has 9 heteroatoms. The van der Waals surface area contributed by atoms with Crippen LogP contribution in [0.4, 0.5) is 11.4 Å². The van der Waals surface area contributed by atoms with Crippen molar-refractivity contribution in [2.75, 3.05) is 18.4 Å². The largest absolute Gasteiger partial charge is 0.350 e. The van der Waals surface area contributed by atoms with Gasteiger partial charge in [-0.3, -0.25) is 24.5 Å². The van der Waals surface area contributed by atoms with Crippen LogP contribution in [-0.4, -0.2) is 35.7 Å². The quantitative estimate of drug-likeness (QED) is 0.268. The molecule has 0 spiro atoms. The minimum absolute atomic E-state index is 0.126. The summed E-state index contributed by atoms with van der Waals surface area (Å²) < 4.78 is 0. The van der Waals surface area contributed by atoms with Gasteiger partial charge in [-0.15, -0.1) is 0 Å². The summed E-state index contributed by atoms with van der Waals surface area (Å²) in [5, 5.41) is 19.1. The second-order valence-corrected chi connectivity index (χ2v) is 7.62. The van der Waals surface area contributed by atoms with Crippen LogP contribution in [0.15, 0.2) is 66.7 Å². The van der Waals surface area contributed by atoms with Crippen molar-refractivity contribution < 1.29 is 19.3 Å². The summed E-state index contributed by atoms with van der Waals surface area (Å²) in [4.78, 5) is 47.4. The number of rotatable bonds is 8. The average Bonchev–Trinajstić information content (AvgIpc) is 2.82. The summed E-state index contributed by atoms with van der Waals surface area (Å²) in [6, 6.07) is 17.9. The highest BCUT2D eigenvalue weighted by atomic mass is 16.6. The van der Waals surface area contributed by atoms with Gasteiger partial charge in [0.2, 0.25) is 0 Å². The molecule has 3 amide bonds. The van der Waals surface area contributed by atoms with Gasteiger partial charge in [-0.25, -0.2) is 0 Å². The SMILES string of the molecule is Cc1ccc(C(=O)Nc2ccc(C(=O)NCCNC(=O)c3cccc([N+](=O)[O-])c3C)cc2)cc1. The number of carbonyl (C=O) groups is 3. The molecule has 0 aliphatic heterocycles. The van der Waals surface area contributed by atoms with Crippen LogP contribution in [-0.2, 0) is 0 Å². The van der Waals surface area contributed by atoms with E-state index >= 15 is 0 Å². The number of nitrogens with zero attached hydrogens (tertiary/aromatic N) is 1. The maximum atomic E-state index is 12.3. The van der Waals surface area contributed by atoms with Crippen molar-refractivity contribution in [3.05, 3.63) is 105 Å². The Labute approximate surface area is 196 Å². The first kappa shape index (κ1) is 24.1. The molecule has 0 bridgehead atoms. The van der Waals surface area contributed by atoms with Crippen LogP contribution in [0.1, 0.15) is 42.2 Å². The summed E-state index contributed by atoms with van der Waals surface area (Å²) in [5.41, 5.74) is 2.92. The predicted octanol–water partition coefficient (Wildman–Crippen LogP) is 3.62. The molecule has 0 aromatic heterocycles. The first-order valence-corrected chi connectivity index (χ1v) is 10.5. The van der Waals surface area contributed by atoms with E-state index < -0.39 is 10.8 Å². The third kappa shape index (κ3) is 6.04. The van der Waals surface area contributed by atoms with Crippen molar-refractivity contribution in [1.29, 1.82) is 0 Å². The highest BCUT2D eigenvalue weighted by Gasteiger charge is 2.17. The van der Waals surface area contributed by atoms with Crippen LogP contribution in [0.25, 0.3) is 0 Å². The Morgan fingerprint density at radius 3 is 1.94 bits per heavy atom. The lowest BCUT2D eigenvalue weighted by Gasteiger charge is -2.10. The van der Waals surface area contributed by atoms with Crippen molar-refractivity contribution >= 4 is 29.1 Å². The van der Waals surface area contributed by atoms with E-state index in [2.05, 4.69) is 16.0 Å². The molecule has 9 nitrogen and oxygen atoms in total. The predicted molar refractivity (Wildman–Crippen MR) is 128 cm³/mol. The van der Waals surface area contributed by atoms with Gasteiger partial charge in [-0.1, -0.05) is 23.8 Å². The van der Waals surface area contributed by atoms with E-state index in [0.29, 0.717) is 16.8 Å². The van der Waals surface area contributed by atoms with Gasteiger partial charge < -0.3 is 16.0 Å². The summed E-state index contributed by atoms with van der Waals surface area (Å²) >= 11 is 0. The lowest BCUT2D eigenvalue weighted by Crippen LogP contribution is -2.35. The van der Waals surface area contributed by atoms with Crippen molar-refractivity contribution in [2.24, 2.45) is 0 Å². The molecule has 34 heavy (non-hydrogen) atoms. The normalized spacial score (nSPS) is 10.3. The van der Waals surface area contributed by atoms with Gasteiger partial charge in [0, 0.05) is 47.1 Å². The number of carbonyl (C=O) groups excluding carboxylic acids is 3. The molecule has 0 saturated carbocycles. The molecule has 0 radical (unpaired) electrons. The molecular formula is C25H24N4O5. The van der Waals surface area contributed by atoms with Gasteiger partial charge >= 0.3 is 0 Å². The van der Waals surface area contributed by atoms with Crippen molar-refractivity contribution in [1.82, 2.24) is 10.6 Å². The molecule has 0 aliphatic carbocycles. The standard InChI is InChI=1S/C25H24N4O5/c1-16-6-8-19(9-7-16)24(31)28-20-12-10-18(11-13-20)23(30)26-14-15-27-25(32)21-4-3-5-22(17(21)2)29(33)34/h3-13H,14-15H2,1-2H3,(H,26,30)(H,27,32)(H,28,31). The summed E-state index contributed by atoms with van der Waals surface area (Å²) in [6.07, 6.45) is 0. The minimum Gasteiger partial charge on any atom is -0.350 e. The number of anilines is 1. The highest BCUT2D eigenvalue weighted by Crippen LogP contribution is 2.20. The van der Waals surface area contributed by atoms with Crippen LogP contribution in [0.3, 0.4) is 0 Å². The maximum Gasteiger partial charge on any atom is 0.273 e. The number of nitro groups is 1. The number of aryl methyl sites for hydroxylation is 1. The Bertz CT molecular complexity index is 1220. The van der Waals surface area contributed by atoms with Crippen LogP contribution in [0, 0.1) is 24.0 Å². The Morgan fingerprint density at radius 2 is 1.32 bits per heavy atom. The van der Waals surface area contributed by atoms with E-state index in [0.717, 1.165) is 5.56 Å². The molecule has 3 rings (SSSR count). The number of amides is 3. The third-order valence-electron chi connectivity index (χ3n) is 5.16. The van der Waals surface area contributed by atoms with Crippen LogP contribution in [0.5, 0.6) is 0 Å². The molecule has 0 heterocycles.